The summed E-state index contributed by atoms with van der Waals surface area (Å²) in [5.41, 5.74) is 1.43. The summed E-state index contributed by atoms with van der Waals surface area (Å²) >= 11 is 0. The van der Waals surface area contributed by atoms with Gasteiger partial charge in [-0.15, -0.1) is 0 Å². The van der Waals surface area contributed by atoms with Crippen molar-refractivity contribution in [3.63, 3.8) is 0 Å². The summed E-state index contributed by atoms with van der Waals surface area (Å²) in [5.74, 6) is -2.13. The van der Waals surface area contributed by atoms with Gasteiger partial charge in [0.2, 0.25) is 6.04 Å². The monoisotopic (exact) mass is 458 g/mol. The Bertz CT molecular complexity index is 1060. The number of rotatable bonds is 8. The lowest BCUT2D eigenvalue weighted by molar-refractivity contribution is -0.529. The van der Waals surface area contributed by atoms with E-state index in [-0.39, 0.29) is 23.5 Å². The summed E-state index contributed by atoms with van der Waals surface area (Å²) in [4.78, 5) is 24.5. The average Bonchev–Trinajstić information content (AvgIpc) is 2.76. The number of alkyl halides is 2. The topological polar surface area (TPSA) is 90.7 Å². The van der Waals surface area contributed by atoms with Crippen LogP contribution >= 0.6 is 0 Å². The van der Waals surface area contributed by atoms with Crippen LogP contribution in [0.15, 0.2) is 71.9 Å². The Hall–Kier alpha value is -3.75. The number of carbonyl (C=O) groups excluding carboxylic acids is 1. The van der Waals surface area contributed by atoms with E-state index in [0.717, 1.165) is 5.56 Å². The van der Waals surface area contributed by atoms with E-state index >= 15 is 0 Å². The Morgan fingerprint density at radius 3 is 2.52 bits per heavy atom. The normalized spacial score (nSPS) is 20.6. The Morgan fingerprint density at radius 1 is 1.18 bits per heavy atom. The Kier molecular flexibility index (Phi) is 7.76. The molecule has 0 amide bonds. The summed E-state index contributed by atoms with van der Waals surface area (Å²) in [6.07, 6.45) is 3.43. The zero-order valence-corrected chi connectivity index (χ0v) is 18.1. The van der Waals surface area contributed by atoms with E-state index in [0.29, 0.717) is 5.70 Å². The van der Waals surface area contributed by atoms with Crippen LogP contribution in [-0.4, -0.2) is 36.2 Å². The fourth-order valence-corrected chi connectivity index (χ4v) is 4.01. The lowest BCUT2D eigenvalue weighted by atomic mass is 9.78. The number of nitro groups is 1. The number of nitrogens with zero attached hydrogens (tertiary/aromatic N) is 1. The molecular weight excluding hydrogens is 434 g/mol. The summed E-state index contributed by atoms with van der Waals surface area (Å²) in [5, 5.41) is 14.9. The van der Waals surface area contributed by atoms with Crippen LogP contribution in [-0.2, 0) is 9.53 Å². The quantitative estimate of drug-likeness (QED) is 0.355. The molecule has 174 valence electrons. The maximum absolute atomic E-state index is 13.0. The van der Waals surface area contributed by atoms with Crippen LogP contribution in [0.25, 0.3) is 6.08 Å². The second-order valence-electron chi connectivity index (χ2n) is 7.55. The number of ether oxygens (including phenoxy) is 2. The van der Waals surface area contributed by atoms with Crippen LogP contribution in [0.5, 0.6) is 5.75 Å². The Labute approximate surface area is 189 Å². The third-order valence-corrected chi connectivity index (χ3v) is 5.37. The number of allylic oxidation sites excluding steroid dienone is 1. The van der Waals surface area contributed by atoms with Crippen molar-refractivity contribution in [1.82, 2.24) is 5.32 Å². The third kappa shape index (κ3) is 5.74. The number of para-hydroxylation sites is 1. The zero-order valence-electron chi connectivity index (χ0n) is 18.1. The molecule has 2 aromatic carbocycles. The molecule has 1 N–H and O–H groups in total. The minimum absolute atomic E-state index is 0.00762. The molecule has 0 spiro atoms. The van der Waals surface area contributed by atoms with Crippen LogP contribution in [0, 0.1) is 10.1 Å². The smallest absolute Gasteiger partial charge is 0.387 e. The van der Waals surface area contributed by atoms with Crippen LogP contribution in [0.2, 0.25) is 0 Å². The first-order valence-electron chi connectivity index (χ1n) is 10.3. The second kappa shape index (κ2) is 10.7. The fraction of sp³-hybridized carbons (Fsp3) is 0.292. The van der Waals surface area contributed by atoms with Crippen molar-refractivity contribution < 1.29 is 28.0 Å². The van der Waals surface area contributed by atoms with Gasteiger partial charge in [-0.3, -0.25) is 10.1 Å². The molecular formula is C24H24F2N2O5. The second-order valence-corrected chi connectivity index (χ2v) is 7.55. The summed E-state index contributed by atoms with van der Waals surface area (Å²) in [7, 11) is 0. The van der Waals surface area contributed by atoms with E-state index in [1.807, 2.05) is 30.3 Å². The minimum Gasteiger partial charge on any atom is -0.458 e. The van der Waals surface area contributed by atoms with E-state index in [1.165, 1.54) is 18.2 Å². The largest absolute Gasteiger partial charge is 0.458 e. The molecule has 33 heavy (non-hydrogen) atoms. The lowest BCUT2D eigenvalue weighted by Gasteiger charge is -2.34. The number of nitrogens with one attached hydrogen (secondary N) is 1. The standard InChI is InChI=1S/C24H24F2N2O5/c1-15-20(23(29)32-14-8-11-17-9-4-3-5-10-17)21(22(28(30)31)16(2)27-15)18-12-6-7-13-19(18)33-24(25)26/h3-13,16,21-22,24,27H,14H2,1-2H3/b11-8+. The third-order valence-electron chi connectivity index (χ3n) is 5.37. The van der Waals surface area contributed by atoms with Gasteiger partial charge in [0, 0.05) is 16.2 Å². The van der Waals surface area contributed by atoms with Gasteiger partial charge in [0.05, 0.1) is 17.5 Å². The van der Waals surface area contributed by atoms with Crippen molar-refractivity contribution in [2.45, 2.75) is 38.5 Å². The van der Waals surface area contributed by atoms with Crippen LogP contribution in [0.4, 0.5) is 8.78 Å². The number of esters is 1. The number of halogens is 2. The van der Waals surface area contributed by atoms with Crippen molar-refractivity contribution >= 4 is 12.0 Å². The Balaban J connectivity index is 1.93. The van der Waals surface area contributed by atoms with Crippen LogP contribution in [0.1, 0.15) is 30.9 Å². The van der Waals surface area contributed by atoms with Crippen molar-refractivity contribution in [2.24, 2.45) is 0 Å². The van der Waals surface area contributed by atoms with E-state index < -0.39 is 35.5 Å². The van der Waals surface area contributed by atoms with E-state index in [9.17, 15) is 23.7 Å². The maximum atomic E-state index is 13.0. The van der Waals surface area contributed by atoms with Crippen molar-refractivity contribution in [1.29, 1.82) is 0 Å². The average molecular weight is 458 g/mol. The van der Waals surface area contributed by atoms with Gasteiger partial charge in [-0.1, -0.05) is 54.6 Å². The van der Waals surface area contributed by atoms with Crippen LogP contribution in [0.3, 0.4) is 0 Å². The summed E-state index contributed by atoms with van der Waals surface area (Å²) in [6, 6.07) is 13.2. The van der Waals surface area contributed by atoms with Crippen molar-refractivity contribution in [3.05, 3.63) is 93.2 Å². The predicted molar refractivity (Wildman–Crippen MR) is 118 cm³/mol. The maximum Gasteiger partial charge on any atom is 0.387 e. The van der Waals surface area contributed by atoms with E-state index in [4.69, 9.17) is 4.74 Å². The molecule has 9 heteroatoms. The number of hydrogen-bond acceptors (Lipinski definition) is 6. The first kappa shape index (κ1) is 23.9. The van der Waals surface area contributed by atoms with E-state index in [2.05, 4.69) is 10.1 Å². The van der Waals surface area contributed by atoms with Gasteiger partial charge >= 0.3 is 12.6 Å². The first-order chi connectivity index (χ1) is 15.8. The van der Waals surface area contributed by atoms with Gasteiger partial charge in [-0.05, 0) is 31.6 Å². The van der Waals surface area contributed by atoms with Crippen LogP contribution < -0.4 is 10.1 Å². The van der Waals surface area contributed by atoms with Gasteiger partial charge in [0.1, 0.15) is 12.4 Å². The molecule has 3 unspecified atom stereocenters. The van der Waals surface area contributed by atoms with E-state index in [1.54, 1.807) is 32.1 Å². The minimum atomic E-state index is -3.12. The van der Waals surface area contributed by atoms with Gasteiger partial charge in [-0.25, -0.2) is 4.79 Å². The molecule has 0 fully saturated rings. The molecule has 3 rings (SSSR count). The number of benzene rings is 2. The SMILES string of the molecule is CC1=C(C(=O)OC/C=C/c2ccccc2)C(c2ccccc2OC(F)F)C([N+](=O)[O-])C(C)N1. The molecule has 0 saturated carbocycles. The summed E-state index contributed by atoms with van der Waals surface area (Å²) < 4.78 is 36.0. The summed E-state index contributed by atoms with van der Waals surface area (Å²) in [6.45, 7) is 0.0196. The highest BCUT2D eigenvalue weighted by atomic mass is 19.3. The fourth-order valence-electron chi connectivity index (χ4n) is 4.01. The van der Waals surface area contributed by atoms with Gasteiger partial charge < -0.3 is 14.8 Å². The molecule has 1 aliphatic rings. The van der Waals surface area contributed by atoms with Gasteiger partial charge in [-0.2, -0.15) is 8.78 Å². The molecule has 1 aliphatic heterocycles. The molecule has 3 atom stereocenters. The highest BCUT2D eigenvalue weighted by molar-refractivity contribution is 5.92. The predicted octanol–water partition coefficient (Wildman–Crippen LogP) is 4.54. The number of hydrogen-bond donors (Lipinski definition) is 1. The van der Waals surface area contributed by atoms with Gasteiger partial charge in [0.25, 0.3) is 0 Å². The molecule has 0 aromatic heterocycles. The lowest BCUT2D eigenvalue weighted by Crippen LogP contribution is -2.51. The molecule has 7 nitrogen and oxygen atoms in total. The molecule has 0 bridgehead atoms. The molecule has 2 aromatic rings. The number of carbonyl (C=O) groups is 1. The van der Waals surface area contributed by atoms with Gasteiger partial charge in [0.15, 0.2) is 0 Å². The van der Waals surface area contributed by atoms with Crippen molar-refractivity contribution in [3.8, 4) is 5.75 Å². The molecule has 1 heterocycles. The molecule has 0 aliphatic carbocycles. The zero-order chi connectivity index (χ0) is 24.0. The Morgan fingerprint density at radius 2 is 1.85 bits per heavy atom. The highest BCUT2D eigenvalue weighted by Gasteiger charge is 2.48. The van der Waals surface area contributed by atoms with Crippen molar-refractivity contribution in [2.75, 3.05) is 6.61 Å². The molecule has 0 radical (unpaired) electrons. The highest BCUT2D eigenvalue weighted by Crippen LogP contribution is 2.41. The first-order valence-corrected chi connectivity index (χ1v) is 10.3. The molecule has 0 saturated heterocycles.